The van der Waals surface area contributed by atoms with E-state index >= 15 is 0 Å². The van der Waals surface area contributed by atoms with Crippen LogP contribution in [0.5, 0.6) is 0 Å². The minimum Gasteiger partial charge on any atom is -0.322 e. The maximum Gasteiger partial charge on any atom is 0.253 e. The monoisotopic (exact) mass is 242 g/mol. The molecule has 8 nitrogen and oxygen atoms in total. The van der Waals surface area contributed by atoms with Crippen molar-refractivity contribution in [1.29, 1.82) is 0 Å². The number of nitrogens with two attached hydrogens (primary N) is 2. The molecule has 8 heteroatoms. The largest absolute Gasteiger partial charge is 0.322 e. The Labute approximate surface area is 99.5 Å². The molecule has 6 N–H and O–H groups in total. The smallest absolute Gasteiger partial charge is 0.253 e. The molecule has 0 saturated heterocycles. The third-order valence-electron chi connectivity index (χ3n) is 1.63. The lowest BCUT2D eigenvalue weighted by Crippen LogP contribution is -2.28. The summed E-state index contributed by atoms with van der Waals surface area (Å²) in [7, 11) is 0. The molecule has 0 unspecified atom stereocenters. The van der Waals surface area contributed by atoms with Crippen LogP contribution in [0.2, 0.25) is 0 Å². The summed E-state index contributed by atoms with van der Waals surface area (Å²) in [6.07, 6.45) is 0.426. The van der Waals surface area contributed by atoms with Gasteiger partial charge in [-0.05, 0) is 13.8 Å². The molecule has 0 aromatic heterocycles. The lowest BCUT2D eigenvalue weighted by molar-refractivity contribution is -0.120. The van der Waals surface area contributed by atoms with Gasteiger partial charge in [-0.2, -0.15) is 10.2 Å². The third-order valence-corrected chi connectivity index (χ3v) is 1.63. The molecule has 0 bridgehead atoms. The van der Waals surface area contributed by atoms with E-state index in [1.165, 1.54) is 0 Å². The van der Waals surface area contributed by atoms with E-state index in [-0.39, 0.29) is 24.9 Å². The van der Waals surface area contributed by atoms with Crippen molar-refractivity contribution >= 4 is 23.2 Å². The molecule has 96 valence electrons. The van der Waals surface area contributed by atoms with Gasteiger partial charge in [-0.1, -0.05) is 0 Å². The second-order valence-corrected chi connectivity index (χ2v) is 3.35. The van der Waals surface area contributed by atoms with Crippen molar-refractivity contribution in [2.75, 3.05) is 13.1 Å². The van der Waals surface area contributed by atoms with E-state index in [0.29, 0.717) is 17.8 Å². The number of hydrogen-bond acceptors (Lipinski definition) is 6. The van der Waals surface area contributed by atoms with Gasteiger partial charge in [0.05, 0.1) is 13.1 Å². The van der Waals surface area contributed by atoms with Crippen molar-refractivity contribution in [3.8, 4) is 0 Å². The second-order valence-electron chi connectivity index (χ2n) is 3.35. The fourth-order valence-corrected chi connectivity index (χ4v) is 0.856. The number of nitrogens with zero attached hydrogens (tertiary/aromatic N) is 2. The van der Waals surface area contributed by atoms with Crippen LogP contribution >= 0.6 is 0 Å². The first-order valence-electron chi connectivity index (χ1n) is 5.03. The quantitative estimate of drug-likeness (QED) is 0.325. The highest BCUT2D eigenvalue weighted by molar-refractivity contribution is 6.02. The molecule has 0 fully saturated rings. The Hall–Kier alpha value is -1.80. The Balaban J connectivity index is 4.14. The first-order valence-corrected chi connectivity index (χ1v) is 5.03. The molecule has 0 atom stereocenters. The summed E-state index contributed by atoms with van der Waals surface area (Å²) < 4.78 is 0. The van der Waals surface area contributed by atoms with Crippen molar-refractivity contribution in [2.45, 2.75) is 20.3 Å². The van der Waals surface area contributed by atoms with Gasteiger partial charge in [-0.15, -0.1) is 0 Å². The van der Waals surface area contributed by atoms with Gasteiger partial charge in [-0.3, -0.25) is 9.59 Å². The molecular formula is C9H18N6O2. The summed E-state index contributed by atoms with van der Waals surface area (Å²) >= 11 is 0. The molecule has 2 amide bonds. The molecule has 0 rings (SSSR count). The predicted molar refractivity (Wildman–Crippen MR) is 65.2 cm³/mol. The lowest BCUT2D eigenvalue weighted by Gasteiger charge is -2.02. The number of carbonyl (C=O) groups is 2. The van der Waals surface area contributed by atoms with Crippen LogP contribution < -0.4 is 22.3 Å². The predicted octanol–water partition coefficient (Wildman–Crippen LogP) is -1.72. The highest BCUT2D eigenvalue weighted by Gasteiger charge is 1.99. The number of hydrazone groups is 2. The maximum atomic E-state index is 10.8. The van der Waals surface area contributed by atoms with Crippen molar-refractivity contribution in [3.63, 3.8) is 0 Å². The van der Waals surface area contributed by atoms with Crippen molar-refractivity contribution in [2.24, 2.45) is 21.7 Å². The summed E-state index contributed by atoms with van der Waals surface area (Å²) in [6, 6.07) is 0. The average Bonchev–Trinajstić information content (AvgIpc) is 2.32. The van der Waals surface area contributed by atoms with E-state index < -0.39 is 0 Å². The zero-order valence-electron chi connectivity index (χ0n) is 9.99. The Kier molecular flexibility index (Phi) is 7.48. The summed E-state index contributed by atoms with van der Waals surface area (Å²) in [6.45, 7) is 3.22. The average molecular weight is 242 g/mol. The van der Waals surface area contributed by atoms with Crippen LogP contribution in [0.15, 0.2) is 10.2 Å². The van der Waals surface area contributed by atoms with Gasteiger partial charge < -0.3 is 11.5 Å². The van der Waals surface area contributed by atoms with E-state index in [2.05, 4.69) is 21.1 Å². The van der Waals surface area contributed by atoms with Gasteiger partial charge in [0.1, 0.15) is 0 Å². The molecule has 17 heavy (non-hydrogen) atoms. The number of rotatable bonds is 6. The molecule has 0 aliphatic heterocycles. The van der Waals surface area contributed by atoms with Gasteiger partial charge in [0.15, 0.2) is 0 Å². The van der Waals surface area contributed by atoms with E-state index in [1.54, 1.807) is 13.8 Å². The van der Waals surface area contributed by atoms with Gasteiger partial charge >= 0.3 is 0 Å². The van der Waals surface area contributed by atoms with Gasteiger partial charge in [0.25, 0.3) is 11.8 Å². The van der Waals surface area contributed by atoms with Crippen LogP contribution in [0.25, 0.3) is 0 Å². The third kappa shape index (κ3) is 8.05. The lowest BCUT2D eigenvalue weighted by atomic mass is 10.2. The highest BCUT2D eigenvalue weighted by atomic mass is 16.2. The van der Waals surface area contributed by atoms with Gasteiger partial charge in [0.2, 0.25) is 0 Å². The molecule has 0 aliphatic carbocycles. The van der Waals surface area contributed by atoms with Crippen LogP contribution in [0, 0.1) is 0 Å². The first kappa shape index (κ1) is 15.2. The molecule has 0 aromatic carbocycles. The van der Waals surface area contributed by atoms with E-state index in [9.17, 15) is 9.59 Å². The number of carbonyl (C=O) groups excluding carboxylic acids is 2. The molecule has 0 aromatic rings. The molecule has 0 heterocycles. The first-order chi connectivity index (χ1) is 7.99. The summed E-state index contributed by atoms with van der Waals surface area (Å²) in [5, 5.41) is 7.60. The number of nitrogens with one attached hydrogen (secondary N) is 2. The van der Waals surface area contributed by atoms with Crippen LogP contribution in [0.4, 0.5) is 0 Å². The van der Waals surface area contributed by atoms with Crippen molar-refractivity contribution in [3.05, 3.63) is 0 Å². The van der Waals surface area contributed by atoms with E-state index in [0.717, 1.165) is 0 Å². The van der Waals surface area contributed by atoms with Crippen molar-refractivity contribution in [1.82, 2.24) is 10.9 Å². The van der Waals surface area contributed by atoms with Crippen LogP contribution in [-0.4, -0.2) is 36.3 Å². The topological polar surface area (TPSA) is 135 Å². The zero-order valence-corrected chi connectivity index (χ0v) is 9.99. The second kappa shape index (κ2) is 8.36. The molecule has 0 aliphatic rings. The van der Waals surface area contributed by atoms with E-state index in [1.807, 2.05) is 0 Å². The Bertz CT molecular complexity index is 304. The van der Waals surface area contributed by atoms with Gasteiger partial charge in [-0.25, -0.2) is 10.9 Å². The standard InChI is InChI=1S/C9H18N6O2/c1-6(12-14-8(16)4-10)3-7(2)13-15-9(17)5-11/h3-5,10-11H2,1-2H3,(H,14,16)(H,15,17)/b12-6-,13-7-. The fraction of sp³-hybridized carbons (Fsp3) is 0.556. The maximum absolute atomic E-state index is 10.8. The molecular weight excluding hydrogens is 224 g/mol. The number of amides is 2. The Morgan fingerprint density at radius 2 is 1.29 bits per heavy atom. The van der Waals surface area contributed by atoms with Crippen molar-refractivity contribution < 1.29 is 9.59 Å². The van der Waals surface area contributed by atoms with Crippen LogP contribution in [-0.2, 0) is 9.59 Å². The minimum absolute atomic E-state index is 0.115. The molecule has 0 spiro atoms. The fourth-order valence-electron chi connectivity index (χ4n) is 0.856. The zero-order chi connectivity index (χ0) is 13.3. The SMILES string of the molecule is C/C(C/C(C)=N\NC(=O)CN)=N/NC(=O)CN. The summed E-state index contributed by atoms with van der Waals surface area (Å²) in [5.41, 5.74) is 16.0. The normalized spacial score (nSPS) is 12.2. The Morgan fingerprint density at radius 3 is 1.59 bits per heavy atom. The summed E-state index contributed by atoms with van der Waals surface area (Å²) in [5.74, 6) is -0.731. The minimum atomic E-state index is -0.365. The van der Waals surface area contributed by atoms with Crippen LogP contribution in [0.1, 0.15) is 20.3 Å². The number of hydrogen-bond donors (Lipinski definition) is 4. The molecule has 0 saturated carbocycles. The van der Waals surface area contributed by atoms with Gasteiger partial charge in [0, 0.05) is 17.8 Å². The Morgan fingerprint density at radius 1 is 0.941 bits per heavy atom. The van der Waals surface area contributed by atoms with Crippen LogP contribution in [0.3, 0.4) is 0 Å². The molecule has 0 radical (unpaired) electrons. The highest BCUT2D eigenvalue weighted by Crippen LogP contribution is 1.89. The summed E-state index contributed by atoms with van der Waals surface area (Å²) in [4.78, 5) is 21.6. The van der Waals surface area contributed by atoms with E-state index in [4.69, 9.17) is 11.5 Å².